The third kappa shape index (κ3) is 21.6. The molecule has 0 aliphatic rings. The molecule has 2 radical (unpaired) electrons. The van der Waals surface area contributed by atoms with Crippen LogP contribution in [-0.4, -0.2) is 0 Å². The molecule has 0 saturated heterocycles. The summed E-state index contributed by atoms with van der Waals surface area (Å²) in [5.74, 6) is 0. The van der Waals surface area contributed by atoms with Gasteiger partial charge in [-0.15, -0.1) is 0 Å². The molecule has 0 aromatic rings. The van der Waals surface area contributed by atoms with Crippen LogP contribution in [0.15, 0.2) is 0 Å². The van der Waals surface area contributed by atoms with Gasteiger partial charge in [0, 0.05) is 72.3 Å². The van der Waals surface area contributed by atoms with Crippen LogP contribution >= 0.6 is 0 Å². The molecule has 0 bridgehead atoms. The molecule has 0 aromatic carbocycles. The van der Waals surface area contributed by atoms with E-state index in [1.165, 1.54) is 0 Å². The van der Waals surface area contributed by atoms with Crippen molar-refractivity contribution >= 4 is 0 Å². The molecule has 0 aliphatic carbocycles. The molecule has 30 valence electrons. The molecule has 0 fully saturated rings. The Hall–Kier alpha value is 2.38. The van der Waals surface area contributed by atoms with Gasteiger partial charge in [0.1, 0.15) is 0 Å². The van der Waals surface area contributed by atoms with Gasteiger partial charge in [0.2, 0.25) is 0 Å². The van der Waals surface area contributed by atoms with Crippen LogP contribution in [0.25, 0.3) is 0 Å². The molecule has 0 amide bonds. The Kier molecular flexibility index (Phi) is 347. The van der Waals surface area contributed by atoms with E-state index >= 15 is 0 Å². The van der Waals surface area contributed by atoms with Crippen LogP contribution in [0.4, 0.5) is 0 Å². The minimum Gasteiger partial charge on any atom is -0.358 e. The van der Waals surface area contributed by atoms with Crippen LogP contribution in [-0.2, 0) is 72.3 Å². The quantitative estimate of drug-likeness (QED) is 0.568. The molecule has 0 N–H and O–H groups in total. The molecule has 0 rings (SSSR count). The second-order valence-corrected chi connectivity index (χ2v) is 0. The van der Waals surface area contributed by atoms with Gasteiger partial charge in [-0.2, -0.15) is 0 Å². The van der Waals surface area contributed by atoms with Gasteiger partial charge in [0.25, 0.3) is 0 Å². The molecule has 3 heteroatoms. The fourth-order valence-corrected chi connectivity index (χ4v) is 0. The Balaban J connectivity index is 0. The fourth-order valence-electron chi connectivity index (χ4n) is 0. The summed E-state index contributed by atoms with van der Waals surface area (Å²) in [6.07, 6.45) is 0. The van der Waals surface area contributed by atoms with E-state index in [1.54, 1.807) is 0 Å². The first-order valence-electron chi connectivity index (χ1n) is 0. The standard InChI is InChI=1S/2CH3.V.W.Y/h2*1H3;;;/q2*-1;;;. The average Bonchev–Trinajstić information content (AvgIpc) is 0. The first-order valence-corrected chi connectivity index (χ1v) is 0. The third-order valence-electron chi connectivity index (χ3n) is 0. The van der Waals surface area contributed by atoms with Gasteiger partial charge in [-0.05, 0) is 0 Å². The van der Waals surface area contributed by atoms with Crippen LogP contribution < -0.4 is 0 Å². The Morgan fingerprint density at radius 2 is 0.800 bits per heavy atom. The molecule has 0 aromatic heterocycles. The van der Waals surface area contributed by atoms with Crippen molar-refractivity contribution < 1.29 is 72.3 Å². The normalized spacial score (nSPS) is 0. The number of hydrogen-bond acceptors (Lipinski definition) is 0. The first-order chi connectivity index (χ1) is 0. The molecule has 0 spiro atoms. The second-order valence-electron chi connectivity index (χ2n) is 0. The zero-order valence-corrected chi connectivity index (χ0v) is 10.6. The second kappa shape index (κ2) is 32.6. The molecule has 0 saturated carbocycles. The van der Waals surface area contributed by atoms with Crippen LogP contribution in [0.2, 0.25) is 0 Å². The van der Waals surface area contributed by atoms with Gasteiger partial charge >= 0.3 is 0 Å². The van der Waals surface area contributed by atoms with Crippen molar-refractivity contribution in [1.82, 2.24) is 0 Å². The number of rotatable bonds is 0. The summed E-state index contributed by atoms with van der Waals surface area (Å²) in [7, 11) is 0. The van der Waals surface area contributed by atoms with Crippen LogP contribution in [0, 0.1) is 14.9 Å². The van der Waals surface area contributed by atoms with Gasteiger partial charge in [0.15, 0.2) is 0 Å². The summed E-state index contributed by atoms with van der Waals surface area (Å²) in [5, 5.41) is 0. The molecule has 0 heterocycles. The zero-order chi connectivity index (χ0) is 0. The van der Waals surface area contributed by atoms with E-state index in [0.717, 1.165) is 0 Å². The Labute approximate surface area is 85.9 Å². The van der Waals surface area contributed by atoms with Crippen molar-refractivity contribution in [3.8, 4) is 0 Å². The van der Waals surface area contributed by atoms with Crippen LogP contribution in [0.3, 0.4) is 0 Å². The number of hydrogen-bond donors (Lipinski definition) is 0. The minimum atomic E-state index is 0. The monoisotopic (exact) mass is 354 g/mol. The summed E-state index contributed by atoms with van der Waals surface area (Å²) < 4.78 is 0. The summed E-state index contributed by atoms with van der Waals surface area (Å²) in [6, 6.07) is 0. The molecule has 0 atom stereocenters. The molecule has 5 heavy (non-hydrogen) atoms. The van der Waals surface area contributed by atoms with Crippen molar-refractivity contribution in [2.45, 2.75) is 0 Å². The average molecular weight is 354 g/mol. The van der Waals surface area contributed by atoms with Crippen molar-refractivity contribution in [1.29, 1.82) is 0 Å². The van der Waals surface area contributed by atoms with Crippen LogP contribution in [0.5, 0.6) is 0 Å². The van der Waals surface area contributed by atoms with Gasteiger partial charge in [-0.1, -0.05) is 0 Å². The minimum absolute atomic E-state index is 0. The van der Waals surface area contributed by atoms with E-state index in [0.29, 0.717) is 0 Å². The van der Waals surface area contributed by atoms with E-state index in [9.17, 15) is 0 Å². The smallest absolute Gasteiger partial charge is 0 e. The molecule has 0 unspecified atom stereocenters. The van der Waals surface area contributed by atoms with Crippen molar-refractivity contribution in [3.63, 3.8) is 0 Å². The Morgan fingerprint density at radius 1 is 0.800 bits per heavy atom. The van der Waals surface area contributed by atoms with E-state index in [1.807, 2.05) is 0 Å². The van der Waals surface area contributed by atoms with Crippen molar-refractivity contribution in [2.24, 2.45) is 0 Å². The van der Waals surface area contributed by atoms with Crippen molar-refractivity contribution in [3.05, 3.63) is 14.9 Å². The van der Waals surface area contributed by atoms with E-state index in [-0.39, 0.29) is 87.2 Å². The Morgan fingerprint density at radius 3 is 0.800 bits per heavy atom. The maximum Gasteiger partial charge on any atom is 0 e. The predicted octanol–water partition coefficient (Wildman–Crippen LogP) is 0.893. The summed E-state index contributed by atoms with van der Waals surface area (Å²) in [6.45, 7) is 0. The third-order valence-corrected chi connectivity index (χ3v) is 0. The van der Waals surface area contributed by atoms with Gasteiger partial charge in [0.05, 0.1) is 0 Å². The first kappa shape index (κ1) is 53.1. The topological polar surface area (TPSA) is 0 Å². The Bertz CT molecular complexity index is 9.61. The SMILES string of the molecule is [CH3-].[CH3-].[V].[W].[Y]. The van der Waals surface area contributed by atoms with Gasteiger partial charge < -0.3 is 14.9 Å². The van der Waals surface area contributed by atoms with Gasteiger partial charge in [-0.3, -0.25) is 0 Å². The summed E-state index contributed by atoms with van der Waals surface area (Å²) in [5.41, 5.74) is 0. The maximum absolute atomic E-state index is 0. The summed E-state index contributed by atoms with van der Waals surface area (Å²) >= 11 is 0. The molecular formula is C2H6VWY-2. The fraction of sp³-hybridized carbons (Fsp3) is 0. The predicted molar refractivity (Wildman–Crippen MR) is 12.8 cm³/mol. The largest absolute Gasteiger partial charge is 0.358 e. The molecular weight excluding hydrogens is 348 g/mol. The van der Waals surface area contributed by atoms with E-state index in [4.69, 9.17) is 0 Å². The molecule has 0 aliphatic heterocycles. The molecule has 0 nitrogen and oxygen atoms in total. The maximum atomic E-state index is 0. The van der Waals surface area contributed by atoms with Gasteiger partial charge in [-0.25, -0.2) is 0 Å². The van der Waals surface area contributed by atoms with Crippen LogP contribution in [0.1, 0.15) is 0 Å². The zero-order valence-electron chi connectivity index (χ0n) is 3.43. The van der Waals surface area contributed by atoms with Crippen molar-refractivity contribution in [2.75, 3.05) is 0 Å². The van der Waals surface area contributed by atoms with E-state index in [2.05, 4.69) is 0 Å². The van der Waals surface area contributed by atoms with E-state index < -0.39 is 0 Å². The summed E-state index contributed by atoms with van der Waals surface area (Å²) in [4.78, 5) is 0.